The minimum absolute atomic E-state index is 0.0165. The molecule has 2 atom stereocenters. The summed E-state index contributed by atoms with van der Waals surface area (Å²) in [6.45, 7) is 3.89. The molecule has 1 aromatic carbocycles. The van der Waals surface area contributed by atoms with Crippen molar-refractivity contribution in [2.75, 3.05) is 25.0 Å². The number of hydrogen-bond acceptors (Lipinski definition) is 4. The highest BCUT2D eigenvalue weighted by molar-refractivity contribution is 7.07. The van der Waals surface area contributed by atoms with Crippen LogP contribution in [-0.4, -0.2) is 36.7 Å². The van der Waals surface area contributed by atoms with Crippen molar-refractivity contribution in [1.82, 2.24) is 4.90 Å². The molecule has 3 heterocycles. The van der Waals surface area contributed by atoms with Gasteiger partial charge in [0.2, 0.25) is 0 Å². The smallest absolute Gasteiger partial charge is 0.322 e. The molecule has 1 aromatic heterocycles. The first-order valence-corrected chi connectivity index (χ1v) is 9.12. The summed E-state index contributed by atoms with van der Waals surface area (Å²) in [4.78, 5) is 14.5. The van der Waals surface area contributed by atoms with Crippen molar-refractivity contribution in [2.45, 2.75) is 25.6 Å². The van der Waals surface area contributed by atoms with Gasteiger partial charge in [-0.25, -0.2) is 4.79 Å². The second kappa shape index (κ2) is 6.45. The second-order valence-electron chi connectivity index (χ2n) is 6.25. The van der Waals surface area contributed by atoms with E-state index in [0.717, 1.165) is 35.6 Å². The van der Waals surface area contributed by atoms with E-state index < -0.39 is 0 Å². The van der Waals surface area contributed by atoms with Gasteiger partial charge in [0, 0.05) is 18.7 Å². The van der Waals surface area contributed by atoms with Crippen LogP contribution in [0.2, 0.25) is 0 Å². The molecule has 2 aliphatic rings. The maximum atomic E-state index is 12.7. The fraction of sp³-hybridized carbons (Fsp3) is 0.389. The number of benzene rings is 1. The van der Waals surface area contributed by atoms with E-state index in [1.54, 1.807) is 11.3 Å². The maximum absolute atomic E-state index is 12.7. The lowest BCUT2D eigenvalue weighted by atomic mass is 10.1. The number of amides is 2. The fourth-order valence-corrected chi connectivity index (χ4v) is 3.93. The molecule has 0 unspecified atom stereocenters. The molecule has 2 amide bonds. The number of anilines is 1. The molecular formula is C18H20N2O3S. The zero-order valence-electron chi connectivity index (χ0n) is 13.5. The van der Waals surface area contributed by atoms with Crippen molar-refractivity contribution in [3.05, 3.63) is 46.2 Å². The third kappa shape index (κ3) is 3.12. The molecule has 0 saturated carbocycles. The van der Waals surface area contributed by atoms with Crippen molar-refractivity contribution in [3.8, 4) is 5.75 Å². The van der Waals surface area contributed by atoms with E-state index in [1.165, 1.54) is 0 Å². The van der Waals surface area contributed by atoms with Gasteiger partial charge in [-0.15, -0.1) is 0 Å². The van der Waals surface area contributed by atoms with Gasteiger partial charge >= 0.3 is 6.03 Å². The van der Waals surface area contributed by atoms with Gasteiger partial charge in [-0.3, -0.25) is 0 Å². The van der Waals surface area contributed by atoms with Gasteiger partial charge in [-0.2, -0.15) is 11.3 Å². The van der Waals surface area contributed by atoms with Gasteiger partial charge in [0.15, 0.2) is 0 Å². The predicted molar refractivity (Wildman–Crippen MR) is 93.8 cm³/mol. The lowest BCUT2D eigenvalue weighted by molar-refractivity contribution is -0.0640. The Balaban J connectivity index is 1.45. The van der Waals surface area contributed by atoms with Gasteiger partial charge in [-0.05, 0) is 53.1 Å². The summed E-state index contributed by atoms with van der Waals surface area (Å²) in [5.74, 6) is 0.922. The Bertz CT molecular complexity index is 732. The molecule has 0 radical (unpaired) electrons. The molecule has 4 rings (SSSR count). The summed E-state index contributed by atoms with van der Waals surface area (Å²) >= 11 is 1.65. The number of nitrogens with one attached hydrogen (secondary N) is 1. The molecule has 5 nitrogen and oxygen atoms in total. The van der Waals surface area contributed by atoms with Gasteiger partial charge < -0.3 is 19.7 Å². The molecule has 6 heteroatoms. The summed E-state index contributed by atoms with van der Waals surface area (Å²) in [5, 5.41) is 7.13. The standard InChI is InChI=1S/C18H20N2O3S/c1-12-9-20(10-17(23-12)14-5-7-24-11-14)18(21)19-15-2-3-16-13(8-15)4-6-22-16/h2-3,5,7-8,11-12,17H,4,6,9-10H2,1H3,(H,19,21)/t12-,17+/m1/s1. The van der Waals surface area contributed by atoms with Gasteiger partial charge in [-0.1, -0.05) is 0 Å². The first-order valence-electron chi connectivity index (χ1n) is 8.18. The zero-order valence-corrected chi connectivity index (χ0v) is 14.3. The highest BCUT2D eigenvalue weighted by Gasteiger charge is 2.29. The Morgan fingerprint density at radius 2 is 2.25 bits per heavy atom. The van der Waals surface area contributed by atoms with E-state index in [2.05, 4.69) is 16.8 Å². The first kappa shape index (κ1) is 15.5. The highest BCUT2D eigenvalue weighted by Crippen LogP contribution is 2.29. The number of nitrogens with zero attached hydrogens (tertiary/aromatic N) is 1. The summed E-state index contributed by atoms with van der Waals surface area (Å²) < 4.78 is 11.5. The van der Waals surface area contributed by atoms with E-state index in [0.29, 0.717) is 13.1 Å². The van der Waals surface area contributed by atoms with E-state index in [-0.39, 0.29) is 18.2 Å². The average molecular weight is 344 g/mol. The van der Waals surface area contributed by atoms with E-state index >= 15 is 0 Å². The third-order valence-corrected chi connectivity index (χ3v) is 5.10. The molecule has 24 heavy (non-hydrogen) atoms. The van der Waals surface area contributed by atoms with Crippen molar-refractivity contribution < 1.29 is 14.3 Å². The zero-order chi connectivity index (χ0) is 16.5. The molecule has 0 spiro atoms. The molecule has 2 aliphatic heterocycles. The molecule has 126 valence electrons. The quantitative estimate of drug-likeness (QED) is 0.904. The van der Waals surface area contributed by atoms with Crippen LogP contribution in [0, 0.1) is 0 Å². The number of thiophene rings is 1. The van der Waals surface area contributed by atoms with Crippen molar-refractivity contribution in [1.29, 1.82) is 0 Å². The number of rotatable bonds is 2. The van der Waals surface area contributed by atoms with Gasteiger partial charge in [0.1, 0.15) is 11.9 Å². The Morgan fingerprint density at radius 1 is 1.33 bits per heavy atom. The molecule has 1 fully saturated rings. The minimum Gasteiger partial charge on any atom is -0.493 e. The van der Waals surface area contributed by atoms with Crippen LogP contribution in [0.3, 0.4) is 0 Å². The van der Waals surface area contributed by atoms with Crippen molar-refractivity contribution in [2.24, 2.45) is 0 Å². The number of morpholine rings is 1. The van der Waals surface area contributed by atoms with Crippen LogP contribution in [0.25, 0.3) is 0 Å². The van der Waals surface area contributed by atoms with Gasteiger partial charge in [0.25, 0.3) is 0 Å². The van der Waals surface area contributed by atoms with Crippen molar-refractivity contribution >= 4 is 23.1 Å². The lowest BCUT2D eigenvalue weighted by Gasteiger charge is -2.36. The average Bonchev–Trinajstić information content (AvgIpc) is 3.25. The van der Waals surface area contributed by atoms with Crippen LogP contribution >= 0.6 is 11.3 Å². The fourth-order valence-electron chi connectivity index (χ4n) is 3.23. The largest absolute Gasteiger partial charge is 0.493 e. The SMILES string of the molecule is C[C@@H]1CN(C(=O)Nc2ccc3c(c2)CCO3)C[C@@H](c2ccsc2)O1. The van der Waals surface area contributed by atoms with Gasteiger partial charge in [0.05, 0.1) is 19.3 Å². The molecule has 2 aromatic rings. The second-order valence-corrected chi connectivity index (χ2v) is 7.03. The molecule has 0 aliphatic carbocycles. The van der Waals surface area contributed by atoms with Crippen LogP contribution in [0.15, 0.2) is 35.0 Å². The first-order chi connectivity index (χ1) is 11.7. The Hall–Kier alpha value is -2.05. The Kier molecular flexibility index (Phi) is 4.16. The number of carbonyl (C=O) groups excluding carboxylic acids is 1. The summed E-state index contributed by atoms with van der Waals surface area (Å²) in [5.41, 5.74) is 3.11. The summed E-state index contributed by atoms with van der Waals surface area (Å²) in [6, 6.07) is 7.80. The number of ether oxygens (including phenoxy) is 2. The van der Waals surface area contributed by atoms with E-state index in [4.69, 9.17) is 9.47 Å². The predicted octanol–water partition coefficient (Wildman–Crippen LogP) is 3.68. The van der Waals surface area contributed by atoms with Crippen LogP contribution in [0.4, 0.5) is 10.5 Å². The lowest BCUT2D eigenvalue weighted by Crippen LogP contribution is -2.47. The monoisotopic (exact) mass is 344 g/mol. The number of hydrogen-bond donors (Lipinski definition) is 1. The van der Waals surface area contributed by atoms with Crippen LogP contribution in [0.1, 0.15) is 24.2 Å². The highest BCUT2D eigenvalue weighted by atomic mass is 32.1. The number of fused-ring (bicyclic) bond motifs is 1. The third-order valence-electron chi connectivity index (χ3n) is 4.40. The van der Waals surface area contributed by atoms with Crippen LogP contribution < -0.4 is 10.1 Å². The topological polar surface area (TPSA) is 50.8 Å². The minimum atomic E-state index is -0.0794. The Labute approximate surface area is 145 Å². The normalized spacial score (nSPS) is 22.8. The van der Waals surface area contributed by atoms with E-state index in [1.807, 2.05) is 35.4 Å². The number of urea groups is 1. The molecule has 1 N–H and O–H groups in total. The van der Waals surface area contributed by atoms with Crippen molar-refractivity contribution in [3.63, 3.8) is 0 Å². The molecule has 0 bridgehead atoms. The maximum Gasteiger partial charge on any atom is 0.322 e. The molecule has 1 saturated heterocycles. The summed E-state index contributed by atoms with van der Waals surface area (Å²) in [6.07, 6.45) is 0.857. The summed E-state index contributed by atoms with van der Waals surface area (Å²) in [7, 11) is 0. The van der Waals surface area contributed by atoms with Crippen LogP contribution in [0.5, 0.6) is 5.75 Å². The Morgan fingerprint density at radius 3 is 3.08 bits per heavy atom. The van der Waals surface area contributed by atoms with Crippen LogP contribution in [-0.2, 0) is 11.2 Å². The van der Waals surface area contributed by atoms with E-state index in [9.17, 15) is 4.79 Å². The molecular weight excluding hydrogens is 324 g/mol. The number of carbonyl (C=O) groups is 1.